The first-order valence-electron chi connectivity index (χ1n) is 9.11. The van der Waals surface area contributed by atoms with E-state index >= 15 is 0 Å². The van der Waals surface area contributed by atoms with Crippen molar-refractivity contribution in [2.45, 2.75) is 19.2 Å². The Morgan fingerprint density at radius 1 is 1.31 bits per heavy atom. The lowest BCUT2D eigenvalue weighted by Gasteiger charge is -2.35. The Morgan fingerprint density at radius 3 is 2.86 bits per heavy atom. The first-order chi connectivity index (χ1) is 14.0. The molecule has 4 aromatic rings. The van der Waals surface area contributed by atoms with Crippen LogP contribution in [-0.4, -0.2) is 55.5 Å². The van der Waals surface area contributed by atoms with Crippen LogP contribution in [0.1, 0.15) is 10.4 Å². The summed E-state index contributed by atoms with van der Waals surface area (Å²) >= 11 is 1.48. The first-order valence-corrected chi connectivity index (χ1v) is 9.93. The van der Waals surface area contributed by atoms with Crippen molar-refractivity contribution in [3.05, 3.63) is 57.3 Å². The van der Waals surface area contributed by atoms with Gasteiger partial charge in [-0.2, -0.15) is 9.61 Å². The number of aliphatic hydroxyl groups excluding tert-OH is 1. The summed E-state index contributed by atoms with van der Waals surface area (Å²) in [5.41, 5.74) is 0.505. The summed E-state index contributed by atoms with van der Waals surface area (Å²) in [4.78, 5) is 21.2. The molecule has 4 heterocycles. The number of aliphatic hydroxyl groups is 1. The molecule has 8 nitrogen and oxygen atoms in total. The van der Waals surface area contributed by atoms with E-state index in [2.05, 4.69) is 15.0 Å². The summed E-state index contributed by atoms with van der Waals surface area (Å²) in [6, 6.07) is 6.59. The number of ether oxygens (including phenoxy) is 1. The van der Waals surface area contributed by atoms with E-state index in [-0.39, 0.29) is 18.3 Å². The molecule has 10 heteroatoms. The average molecular weight is 415 g/mol. The molecule has 0 atom stereocenters. The minimum Gasteiger partial charge on any atom is -0.497 e. The summed E-state index contributed by atoms with van der Waals surface area (Å²) in [5, 5.41) is 14.4. The van der Waals surface area contributed by atoms with Gasteiger partial charge in [0.25, 0.3) is 0 Å². The zero-order chi connectivity index (χ0) is 20.1. The van der Waals surface area contributed by atoms with E-state index in [1.165, 1.54) is 39.9 Å². The molecule has 29 heavy (non-hydrogen) atoms. The van der Waals surface area contributed by atoms with Crippen LogP contribution >= 0.6 is 11.3 Å². The normalized spacial score (nSPS) is 15.3. The van der Waals surface area contributed by atoms with E-state index in [9.17, 15) is 14.3 Å². The van der Waals surface area contributed by atoms with Crippen molar-refractivity contribution in [2.24, 2.45) is 0 Å². The Morgan fingerprint density at radius 2 is 2.14 bits per heavy atom. The molecular formula is C19H18FN5O3S. The monoisotopic (exact) mass is 415 g/mol. The van der Waals surface area contributed by atoms with Crippen LogP contribution in [0, 0.1) is 5.82 Å². The zero-order valence-corrected chi connectivity index (χ0v) is 16.4. The molecule has 0 radical (unpaired) electrons. The Labute approximate surface area is 168 Å². The molecule has 0 unspecified atom stereocenters. The van der Waals surface area contributed by atoms with Gasteiger partial charge in [0.05, 0.1) is 25.1 Å². The Bertz CT molecular complexity index is 1270. The first kappa shape index (κ1) is 18.2. The molecule has 0 spiro atoms. The van der Waals surface area contributed by atoms with Gasteiger partial charge in [-0.3, -0.25) is 9.47 Å². The fraction of sp³-hybridized carbons (Fsp3) is 0.316. The number of fused-ring (bicyclic) bond motifs is 3. The summed E-state index contributed by atoms with van der Waals surface area (Å²) in [6.45, 7) is 2.03. The van der Waals surface area contributed by atoms with Gasteiger partial charge in [0.2, 0.25) is 0 Å². The summed E-state index contributed by atoms with van der Waals surface area (Å²) < 4.78 is 22.3. The van der Waals surface area contributed by atoms with Crippen molar-refractivity contribution in [2.75, 3.05) is 20.2 Å². The molecule has 1 N–H and O–H groups in total. The number of benzene rings is 1. The van der Waals surface area contributed by atoms with E-state index in [1.54, 1.807) is 12.1 Å². The SMILES string of the molecule is COc1ccc(Cn2c(=O)n3ncnc3c3cc(CN4CC(O)C4)sc32)c(F)c1. The summed E-state index contributed by atoms with van der Waals surface area (Å²) in [7, 11) is 1.48. The molecule has 150 valence electrons. The summed E-state index contributed by atoms with van der Waals surface area (Å²) in [6.07, 6.45) is 1.07. The van der Waals surface area contributed by atoms with Gasteiger partial charge in [-0.15, -0.1) is 11.3 Å². The molecule has 0 amide bonds. The van der Waals surface area contributed by atoms with E-state index in [1.807, 2.05) is 6.07 Å². The van der Waals surface area contributed by atoms with Gasteiger partial charge in [-0.1, -0.05) is 6.07 Å². The van der Waals surface area contributed by atoms with Crippen LogP contribution in [0.25, 0.3) is 15.9 Å². The maximum absolute atomic E-state index is 14.5. The molecule has 1 aliphatic heterocycles. The van der Waals surface area contributed by atoms with Gasteiger partial charge in [-0.05, 0) is 12.1 Å². The number of rotatable bonds is 5. The van der Waals surface area contributed by atoms with Gasteiger partial charge < -0.3 is 9.84 Å². The molecule has 1 saturated heterocycles. The molecule has 1 fully saturated rings. The second-order valence-electron chi connectivity index (χ2n) is 7.10. The lowest BCUT2D eigenvalue weighted by Crippen LogP contribution is -2.49. The number of thiophene rings is 1. The molecule has 0 bridgehead atoms. The number of aromatic nitrogens is 4. The van der Waals surface area contributed by atoms with Crippen molar-refractivity contribution in [3.63, 3.8) is 0 Å². The lowest BCUT2D eigenvalue weighted by molar-refractivity contribution is -0.00227. The average Bonchev–Trinajstić information content (AvgIpc) is 3.32. The molecular weight excluding hydrogens is 397 g/mol. The highest BCUT2D eigenvalue weighted by atomic mass is 32.1. The molecule has 3 aromatic heterocycles. The second kappa shape index (κ2) is 6.90. The fourth-order valence-electron chi connectivity index (χ4n) is 3.62. The number of likely N-dealkylation sites (tertiary alicyclic amines) is 1. The van der Waals surface area contributed by atoms with E-state index in [0.717, 1.165) is 15.1 Å². The molecule has 0 saturated carbocycles. The third-order valence-corrected chi connectivity index (χ3v) is 6.26. The minimum absolute atomic E-state index is 0.0728. The Kier molecular flexibility index (Phi) is 4.34. The van der Waals surface area contributed by atoms with Crippen molar-refractivity contribution < 1.29 is 14.2 Å². The van der Waals surface area contributed by atoms with E-state index < -0.39 is 5.82 Å². The van der Waals surface area contributed by atoms with Crippen LogP contribution in [0.3, 0.4) is 0 Å². The fourth-order valence-corrected chi connectivity index (χ4v) is 4.81. The van der Waals surface area contributed by atoms with Crippen LogP contribution in [0.2, 0.25) is 0 Å². The minimum atomic E-state index is -0.436. The Hall–Kier alpha value is -2.82. The second-order valence-corrected chi connectivity index (χ2v) is 8.22. The van der Waals surface area contributed by atoms with Gasteiger partial charge in [0.15, 0.2) is 5.65 Å². The highest BCUT2D eigenvalue weighted by molar-refractivity contribution is 7.18. The predicted octanol–water partition coefficient (Wildman–Crippen LogP) is 1.48. The van der Waals surface area contributed by atoms with Gasteiger partial charge >= 0.3 is 5.69 Å². The van der Waals surface area contributed by atoms with Gasteiger partial charge in [0, 0.05) is 36.1 Å². The maximum Gasteiger partial charge on any atom is 0.352 e. The van der Waals surface area contributed by atoms with Crippen LogP contribution in [0.4, 0.5) is 4.39 Å². The van der Waals surface area contributed by atoms with Crippen molar-refractivity contribution in [1.29, 1.82) is 0 Å². The maximum atomic E-state index is 14.5. The van der Waals surface area contributed by atoms with Gasteiger partial charge in [0.1, 0.15) is 22.7 Å². The number of methoxy groups -OCH3 is 1. The topological polar surface area (TPSA) is 84.9 Å². The number of hydrogen-bond acceptors (Lipinski definition) is 7. The largest absolute Gasteiger partial charge is 0.497 e. The molecule has 1 aliphatic rings. The predicted molar refractivity (Wildman–Crippen MR) is 106 cm³/mol. The van der Waals surface area contributed by atoms with Crippen LogP contribution < -0.4 is 10.4 Å². The highest BCUT2D eigenvalue weighted by Gasteiger charge is 2.25. The summed E-state index contributed by atoms with van der Waals surface area (Å²) in [5.74, 6) is -0.0138. The number of halogens is 1. The van der Waals surface area contributed by atoms with Gasteiger partial charge in [-0.25, -0.2) is 14.2 Å². The van der Waals surface area contributed by atoms with Crippen LogP contribution in [-0.2, 0) is 13.1 Å². The zero-order valence-electron chi connectivity index (χ0n) is 15.6. The quantitative estimate of drug-likeness (QED) is 0.532. The van der Waals surface area contributed by atoms with Crippen molar-refractivity contribution in [3.8, 4) is 5.75 Å². The van der Waals surface area contributed by atoms with Crippen LogP contribution in [0.15, 0.2) is 35.4 Å². The number of β-amino-alcohol motifs (C(OH)–C–C–N with tert-alkyl or cyclic N) is 1. The lowest BCUT2D eigenvalue weighted by atomic mass is 10.1. The third kappa shape index (κ3) is 3.09. The highest BCUT2D eigenvalue weighted by Crippen LogP contribution is 2.30. The Balaban J connectivity index is 1.61. The molecule has 1 aromatic carbocycles. The number of hydrogen-bond donors (Lipinski definition) is 1. The van der Waals surface area contributed by atoms with E-state index in [4.69, 9.17) is 4.74 Å². The number of nitrogens with zero attached hydrogens (tertiary/aromatic N) is 5. The molecule has 0 aliphatic carbocycles. The smallest absolute Gasteiger partial charge is 0.352 e. The third-order valence-electron chi connectivity index (χ3n) is 5.12. The van der Waals surface area contributed by atoms with Crippen molar-refractivity contribution in [1.82, 2.24) is 24.1 Å². The van der Waals surface area contributed by atoms with E-state index in [0.29, 0.717) is 36.6 Å². The van der Waals surface area contributed by atoms with Crippen molar-refractivity contribution >= 4 is 27.2 Å². The van der Waals surface area contributed by atoms with Crippen LogP contribution in [0.5, 0.6) is 5.75 Å². The standard InChI is InChI=1S/C19H18FN5O3S/c1-28-13-3-2-11(16(20)4-13)6-24-18-15(17-21-10-22-25(17)19(24)27)5-14(29-18)9-23-7-12(26)8-23/h2-5,10,12,26H,6-9H2,1H3. The molecule has 5 rings (SSSR count).